The predicted molar refractivity (Wildman–Crippen MR) is 119 cm³/mol. The van der Waals surface area contributed by atoms with Crippen molar-refractivity contribution in [2.45, 2.75) is 20.4 Å². The molecule has 0 saturated heterocycles. The van der Waals surface area contributed by atoms with Gasteiger partial charge in [-0.3, -0.25) is 4.79 Å². The van der Waals surface area contributed by atoms with Crippen molar-refractivity contribution < 1.29 is 24.3 Å². The number of hydrogen-bond donors (Lipinski definition) is 2. The lowest BCUT2D eigenvalue weighted by Crippen LogP contribution is -3.11. The van der Waals surface area contributed by atoms with Crippen LogP contribution in [0.25, 0.3) is 10.9 Å². The average molecular weight is 426 g/mol. The fourth-order valence-electron chi connectivity index (χ4n) is 3.59. The van der Waals surface area contributed by atoms with Gasteiger partial charge in [-0.25, -0.2) is 0 Å². The molecule has 0 bridgehead atoms. The lowest BCUT2D eigenvalue weighted by molar-refractivity contribution is -0.897. The molecule has 2 N–H and O–H groups in total. The summed E-state index contributed by atoms with van der Waals surface area (Å²) < 4.78 is 12.3. The first-order valence-corrected chi connectivity index (χ1v) is 10.4. The Morgan fingerprint density at radius 3 is 2.45 bits per heavy atom. The van der Waals surface area contributed by atoms with E-state index in [-0.39, 0.29) is 5.88 Å². The fourth-order valence-corrected chi connectivity index (χ4v) is 3.59. The molecule has 3 rings (SSSR count). The second kappa shape index (κ2) is 10.1. The van der Waals surface area contributed by atoms with Gasteiger partial charge in [-0.15, -0.1) is 10.2 Å². The number of aromatic hydroxyl groups is 1. The van der Waals surface area contributed by atoms with E-state index in [1.165, 1.54) is 19.1 Å². The lowest BCUT2D eigenvalue weighted by atomic mass is 10.2. The molecule has 8 nitrogen and oxygen atoms in total. The quantitative estimate of drug-likeness (QED) is 0.515. The Morgan fingerprint density at radius 2 is 1.77 bits per heavy atom. The van der Waals surface area contributed by atoms with Crippen molar-refractivity contribution in [2.75, 3.05) is 33.9 Å². The minimum absolute atomic E-state index is 0.0108. The standard InChI is InChI=1S/C23H28N4O4/c1-5-26(6-2)13-14-27-18-10-8-7-9-17(18)21(23(27)29)24-25-22(28)16-11-12-19(30-3)20(15-16)31-4/h7-12,15,29H,5-6,13-14H2,1-4H3/p+1. The molecule has 2 aromatic carbocycles. The number of aromatic nitrogens is 1. The van der Waals surface area contributed by atoms with Crippen LogP contribution >= 0.6 is 0 Å². The number of likely N-dealkylation sites (N-methyl/N-ethyl adjacent to an activating group) is 1. The second-order valence-corrected chi connectivity index (χ2v) is 7.12. The molecule has 0 radical (unpaired) electrons. The van der Waals surface area contributed by atoms with Crippen molar-refractivity contribution in [2.24, 2.45) is 10.2 Å². The van der Waals surface area contributed by atoms with Crippen molar-refractivity contribution in [3.63, 3.8) is 0 Å². The van der Waals surface area contributed by atoms with Gasteiger partial charge in [0.2, 0.25) is 5.88 Å². The number of quaternary nitrogens is 1. The zero-order valence-electron chi connectivity index (χ0n) is 18.4. The highest BCUT2D eigenvalue weighted by Crippen LogP contribution is 2.38. The van der Waals surface area contributed by atoms with E-state index in [1.807, 2.05) is 28.8 Å². The number of ether oxygens (including phenoxy) is 2. The monoisotopic (exact) mass is 425 g/mol. The smallest absolute Gasteiger partial charge is 0.295 e. The molecule has 0 fully saturated rings. The Morgan fingerprint density at radius 1 is 1.06 bits per heavy atom. The zero-order chi connectivity index (χ0) is 22.4. The van der Waals surface area contributed by atoms with Crippen molar-refractivity contribution >= 4 is 22.5 Å². The Balaban J connectivity index is 1.91. The van der Waals surface area contributed by atoms with Crippen LogP contribution in [0, 0.1) is 0 Å². The largest absolute Gasteiger partial charge is 0.493 e. The van der Waals surface area contributed by atoms with Gasteiger partial charge in [0.25, 0.3) is 5.91 Å². The number of rotatable bonds is 9. The van der Waals surface area contributed by atoms with Crippen LogP contribution in [0.2, 0.25) is 0 Å². The summed E-state index contributed by atoms with van der Waals surface area (Å²) in [4.78, 5) is 14.0. The van der Waals surface area contributed by atoms with Gasteiger partial charge in [-0.2, -0.15) is 0 Å². The summed E-state index contributed by atoms with van der Waals surface area (Å²) >= 11 is 0. The van der Waals surface area contributed by atoms with Crippen LogP contribution in [0.4, 0.5) is 5.69 Å². The number of benzene rings is 2. The number of hydrogen-bond acceptors (Lipinski definition) is 5. The molecule has 0 atom stereocenters. The van der Waals surface area contributed by atoms with Crippen LogP contribution < -0.4 is 14.4 Å². The van der Waals surface area contributed by atoms with Crippen LogP contribution in [0.5, 0.6) is 17.4 Å². The van der Waals surface area contributed by atoms with E-state index >= 15 is 0 Å². The Hall–Kier alpha value is -3.39. The number of nitrogens with zero attached hydrogens (tertiary/aromatic N) is 3. The summed E-state index contributed by atoms with van der Waals surface area (Å²) in [6.45, 7) is 7.84. The third-order valence-electron chi connectivity index (χ3n) is 5.48. The maximum Gasteiger partial charge on any atom is 0.295 e. The first-order valence-electron chi connectivity index (χ1n) is 10.4. The fraction of sp³-hybridized carbons (Fsp3) is 0.348. The van der Waals surface area contributed by atoms with Crippen molar-refractivity contribution in [3.05, 3.63) is 48.0 Å². The Kier molecular flexibility index (Phi) is 7.25. The highest BCUT2D eigenvalue weighted by Gasteiger charge is 2.18. The first-order chi connectivity index (χ1) is 15.0. The number of carbonyl (C=O) groups is 1. The molecule has 1 aromatic heterocycles. The molecule has 0 aliphatic rings. The average Bonchev–Trinajstić information content (AvgIpc) is 3.08. The third kappa shape index (κ3) is 4.69. The Labute approximate surface area is 181 Å². The minimum Gasteiger partial charge on any atom is -0.493 e. The molecule has 0 spiro atoms. The minimum atomic E-state index is -0.537. The van der Waals surface area contributed by atoms with E-state index in [9.17, 15) is 9.90 Å². The van der Waals surface area contributed by atoms with E-state index < -0.39 is 5.91 Å². The summed E-state index contributed by atoms with van der Waals surface area (Å²) in [5, 5.41) is 19.6. The van der Waals surface area contributed by atoms with E-state index in [0.29, 0.717) is 29.3 Å². The van der Waals surface area contributed by atoms with Crippen molar-refractivity contribution in [3.8, 4) is 17.4 Å². The van der Waals surface area contributed by atoms with Crippen molar-refractivity contribution in [1.82, 2.24) is 4.57 Å². The molecular weight excluding hydrogens is 396 g/mol. The topological polar surface area (TPSA) is 89.9 Å². The highest BCUT2D eigenvalue weighted by atomic mass is 16.5. The molecule has 31 heavy (non-hydrogen) atoms. The van der Waals surface area contributed by atoms with Crippen LogP contribution in [-0.4, -0.2) is 49.4 Å². The SMILES string of the molecule is CC[NH+](CC)CCn1c(O)c(N=NC(=O)c2ccc(OC)c(OC)c2)c2ccccc21. The van der Waals surface area contributed by atoms with Crippen molar-refractivity contribution in [1.29, 1.82) is 0 Å². The van der Waals surface area contributed by atoms with Crippen LogP contribution in [-0.2, 0) is 6.54 Å². The molecule has 164 valence electrons. The number of carbonyl (C=O) groups excluding carboxylic acids is 1. The molecular formula is C23H29N4O4+. The number of methoxy groups -OCH3 is 2. The van der Waals surface area contributed by atoms with Crippen LogP contribution in [0.3, 0.4) is 0 Å². The summed E-state index contributed by atoms with van der Waals surface area (Å²) in [6, 6.07) is 12.4. The van der Waals surface area contributed by atoms with Crippen LogP contribution in [0.15, 0.2) is 52.7 Å². The maximum atomic E-state index is 12.6. The number of fused-ring (bicyclic) bond motifs is 1. The molecule has 3 aromatic rings. The second-order valence-electron chi connectivity index (χ2n) is 7.12. The molecule has 0 aliphatic carbocycles. The van der Waals surface area contributed by atoms with E-state index in [0.717, 1.165) is 30.5 Å². The van der Waals surface area contributed by atoms with Gasteiger partial charge in [-0.1, -0.05) is 18.2 Å². The number of nitrogens with one attached hydrogen (secondary N) is 1. The molecule has 0 unspecified atom stereocenters. The maximum absolute atomic E-state index is 12.6. The lowest BCUT2D eigenvalue weighted by Gasteiger charge is -2.16. The van der Waals surface area contributed by atoms with Crippen LogP contribution in [0.1, 0.15) is 24.2 Å². The van der Waals surface area contributed by atoms with Gasteiger partial charge in [0.1, 0.15) is 0 Å². The Bertz CT molecular complexity index is 1090. The van der Waals surface area contributed by atoms with Gasteiger partial charge < -0.3 is 24.0 Å². The number of para-hydroxylation sites is 1. The molecule has 1 heterocycles. The summed E-state index contributed by atoms with van der Waals surface area (Å²) in [5.74, 6) is 0.426. The number of amides is 1. The highest BCUT2D eigenvalue weighted by molar-refractivity contribution is 5.97. The van der Waals surface area contributed by atoms with Gasteiger partial charge in [0.15, 0.2) is 17.2 Å². The van der Waals surface area contributed by atoms with Gasteiger partial charge in [-0.05, 0) is 38.1 Å². The van der Waals surface area contributed by atoms with Gasteiger partial charge in [0, 0.05) is 10.9 Å². The number of azo groups is 1. The summed E-state index contributed by atoms with van der Waals surface area (Å²) in [6.07, 6.45) is 0. The molecule has 8 heteroatoms. The van der Waals surface area contributed by atoms with E-state index in [4.69, 9.17) is 9.47 Å². The molecule has 0 aliphatic heterocycles. The normalized spacial score (nSPS) is 11.5. The third-order valence-corrected chi connectivity index (χ3v) is 5.48. The molecule has 0 saturated carbocycles. The summed E-state index contributed by atoms with van der Waals surface area (Å²) in [5.41, 5.74) is 1.47. The van der Waals surface area contributed by atoms with E-state index in [2.05, 4.69) is 24.1 Å². The predicted octanol–water partition coefficient (Wildman–Crippen LogP) is 3.21. The van der Waals surface area contributed by atoms with Gasteiger partial charge >= 0.3 is 0 Å². The summed E-state index contributed by atoms with van der Waals surface area (Å²) in [7, 11) is 3.03. The zero-order valence-corrected chi connectivity index (χ0v) is 18.4. The molecule has 1 amide bonds. The van der Waals surface area contributed by atoms with E-state index in [1.54, 1.807) is 18.2 Å². The van der Waals surface area contributed by atoms with Gasteiger partial charge in [0.05, 0.1) is 45.9 Å². The first kappa shape index (κ1) is 22.3.